The molecule has 0 aliphatic carbocycles. The van der Waals surface area contributed by atoms with Gasteiger partial charge in [0.15, 0.2) is 0 Å². The number of anilines is 1. The summed E-state index contributed by atoms with van der Waals surface area (Å²) in [6.07, 6.45) is 0.326. The number of benzene rings is 3. The molecule has 17 heteroatoms. The molecule has 66 heavy (non-hydrogen) atoms. The maximum Gasteiger partial charge on any atom is 0.407 e. The van der Waals surface area contributed by atoms with Crippen LogP contribution in [0, 0.1) is 5.92 Å². The number of nitrogens with zero attached hydrogens (tertiary/aromatic N) is 5. The molecule has 2 saturated heterocycles. The number of aromatic amines is 2. The minimum absolute atomic E-state index is 0.00115. The number of ether oxygens (including phenoxy) is 3. The molecule has 4 amide bonds. The van der Waals surface area contributed by atoms with Gasteiger partial charge in [-0.3, -0.25) is 9.59 Å². The van der Waals surface area contributed by atoms with Gasteiger partial charge in [-0.25, -0.2) is 19.6 Å². The Bertz CT molecular complexity index is 2550. The lowest BCUT2D eigenvalue weighted by Crippen LogP contribution is -2.54. The molecular formula is C49H67N9O7Si. The van der Waals surface area contributed by atoms with Crippen molar-refractivity contribution in [2.75, 3.05) is 38.9 Å². The first-order valence-electron chi connectivity index (χ1n) is 22.9. The third kappa shape index (κ3) is 10.5. The molecule has 7 rings (SSSR count). The van der Waals surface area contributed by atoms with E-state index in [0.717, 1.165) is 69.4 Å². The maximum atomic E-state index is 14.2. The van der Waals surface area contributed by atoms with Crippen LogP contribution < -0.4 is 15.5 Å². The summed E-state index contributed by atoms with van der Waals surface area (Å²) in [4.78, 5) is 75.7. The quantitative estimate of drug-likeness (QED) is 0.0799. The van der Waals surface area contributed by atoms with Gasteiger partial charge in [-0.15, -0.1) is 0 Å². The van der Waals surface area contributed by atoms with Gasteiger partial charge in [-0.05, 0) is 90.2 Å². The highest BCUT2D eigenvalue weighted by atomic mass is 28.3. The molecular weight excluding hydrogens is 855 g/mol. The first-order valence-corrected chi connectivity index (χ1v) is 26.4. The average Bonchev–Trinajstić information content (AvgIpc) is 4.10. The van der Waals surface area contributed by atoms with E-state index < -0.39 is 38.4 Å². The number of carbonyl (C=O) groups is 4. The Labute approximate surface area is 388 Å². The van der Waals surface area contributed by atoms with Gasteiger partial charge < -0.3 is 49.5 Å². The van der Waals surface area contributed by atoms with E-state index in [1.54, 1.807) is 6.92 Å². The summed E-state index contributed by atoms with van der Waals surface area (Å²) >= 11 is 0. The van der Waals surface area contributed by atoms with Crippen molar-refractivity contribution in [1.82, 2.24) is 40.4 Å². The summed E-state index contributed by atoms with van der Waals surface area (Å²) in [7, 11) is 2.24. The summed E-state index contributed by atoms with van der Waals surface area (Å²) in [5, 5.41) is 5.43. The van der Waals surface area contributed by atoms with Gasteiger partial charge in [0.25, 0.3) is 0 Å². The molecule has 3 aromatic carbocycles. The zero-order valence-electron chi connectivity index (χ0n) is 40.3. The molecule has 2 aromatic heterocycles. The van der Waals surface area contributed by atoms with Gasteiger partial charge in [-0.2, -0.15) is 0 Å². The van der Waals surface area contributed by atoms with Crippen LogP contribution in [0.3, 0.4) is 0 Å². The number of hydrogen-bond acceptors (Lipinski definition) is 10. The molecule has 5 atom stereocenters. The van der Waals surface area contributed by atoms with Gasteiger partial charge in [-0.1, -0.05) is 72.0 Å². The summed E-state index contributed by atoms with van der Waals surface area (Å²) < 4.78 is 15.2. The fourth-order valence-electron chi connectivity index (χ4n) is 9.34. The summed E-state index contributed by atoms with van der Waals surface area (Å²) in [6, 6.07) is 20.0. The van der Waals surface area contributed by atoms with E-state index in [0.29, 0.717) is 25.8 Å². The Morgan fingerprint density at radius 2 is 1.30 bits per heavy atom. The standard InChI is InChI=1S/C49H67N9O7Si/c1-29(2)41(54-47(61)64-8)45(59)57-22-12-13-39(57)43-50-35-20-14-31(23-37(35)52-43)25-56(34-18-16-33(17-19-34)49(4,5)6)26-32-15-21-36-38(24-32)53-44(51-36)40-27-66(10,11)28-58(40)46(60)42(30(3)63-7)55-48(62)65-9/h14-21,23-24,29-30,39-42H,12-13,22,25-28H2,1-11H3,(H,50,52)(H,51,53)(H,54,61)(H,55,62)/t30?,39-,40-,41?,42-/m0/s1. The highest BCUT2D eigenvalue weighted by Gasteiger charge is 2.46. The predicted octanol–water partition coefficient (Wildman–Crippen LogP) is 7.88. The van der Waals surface area contributed by atoms with Gasteiger partial charge in [0.1, 0.15) is 23.7 Å². The number of methoxy groups -OCH3 is 3. The molecule has 2 aliphatic heterocycles. The van der Waals surface area contributed by atoms with Crippen LogP contribution in [0.2, 0.25) is 19.1 Å². The number of aromatic nitrogens is 4. The Kier molecular flexibility index (Phi) is 14.2. The van der Waals surface area contributed by atoms with Crippen molar-refractivity contribution in [3.63, 3.8) is 0 Å². The number of rotatable bonds is 14. The fourth-order valence-corrected chi connectivity index (χ4v) is 12.2. The number of alkyl carbamates (subject to hydrolysis) is 2. The van der Waals surface area contributed by atoms with Gasteiger partial charge >= 0.3 is 12.2 Å². The molecule has 354 valence electrons. The number of nitrogens with one attached hydrogen (secondary N) is 4. The van der Waals surface area contributed by atoms with Crippen molar-refractivity contribution < 1.29 is 33.4 Å². The number of carbonyl (C=O) groups excluding carboxylic acids is 4. The van der Waals surface area contributed by atoms with Crippen molar-refractivity contribution in [2.45, 2.75) is 122 Å². The summed E-state index contributed by atoms with van der Waals surface area (Å²) in [6.45, 7) is 18.5. The molecule has 0 bridgehead atoms. The highest BCUT2D eigenvalue weighted by Crippen LogP contribution is 2.39. The number of fused-ring (bicyclic) bond motifs is 2. The van der Waals surface area contributed by atoms with Crippen LogP contribution in [0.1, 0.15) is 94.8 Å². The van der Waals surface area contributed by atoms with Crippen LogP contribution in [0.15, 0.2) is 60.7 Å². The number of imidazole rings is 2. The maximum absolute atomic E-state index is 14.2. The molecule has 5 aromatic rings. The van der Waals surface area contributed by atoms with E-state index in [2.05, 4.69) is 108 Å². The number of amides is 4. The molecule has 0 radical (unpaired) electrons. The normalized spacial score (nSPS) is 18.7. The molecule has 2 unspecified atom stereocenters. The smallest absolute Gasteiger partial charge is 0.407 e. The minimum Gasteiger partial charge on any atom is -0.453 e. The second kappa shape index (κ2) is 19.5. The molecule has 0 saturated carbocycles. The lowest BCUT2D eigenvalue weighted by atomic mass is 9.87. The number of likely N-dealkylation sites (tertiary alicyclic amines) is 1. The van der Waals surface area contributed by atoms with E-state index in [9.17, 15) is 19.2 Å². The van der Waals surface area contributed by atoms with Gasteiger partial charge in [0, 0.05) is 38.6 Å². The highest BCUT2D eigenvalue weighted by molar-refractivity contribution is 6.78. The molecule has 2 aliphatic rings. The van der Waals surface area contributed by atoms with E-state index in [1.807, 2.05) is 35.8 Å². The third-order valence-electron chi connectivity index (χ3n) is 13.1. The van der Waals surface area contributed by atoms with E-state index in [-0.39, 0.29) is 35.2 Å². The Hall–Kier alpha value is -5.94. The van der Waals surface area contributed by atoms with Crippen molar-refractivity contribution in [3.8, 4) is 0 Å². The topological polar surface area (TPSA) is 187 Å². The van der Waals surface area contributed by atoms with Crippen LogP contribution in [-0.4, -0.2) is 114 Å². The van der Waals surface area contributed by atoms with Crippen molar-refractivity contribution in [3.05, 3.63) is 89.0 Å². The first-order chi connectivity index (χ1) is 31.3. The van der Waals surface area contributed by atoms with Crippen molar-refractivity contribution >= 4 is 59.8 Å². The molecule has 2 fully saturated rings. The predicted molar refractivity (Wildman–Crippen MR) is 258 cm³/mol. The molecule has 16 nitrogen and oxygen atoms in total. The number of hydrogen-bond donors (Lipinski definition) is 4. The fraction of sp³-hybridized carbons (Fsp3) is 0.510. The monoisotopic (exact) mass is 921 g/mol. The largest absolute Gasteiger partial charge is 0.453 e. The Morgan fingerprint density at radius 1 is 0.773 bits per heavy atom. The van der Waals surface area contributed by atoms with E-state index in [4.69, 9.17) is 24.2 Å². The van der Waals surface area contributed by atoms with Crippen LogP contribution in [0.25, 0.3) is 22.1 Å². The molecule has 0 spiro atoms. The second-order valence-electron chi connectivity index (χ2n) is 20.1. The molecule has 4 N–H and O–H groups in total. The van der Waals surface area contributed by atoms with Crippen LogP contribution in [0.4, 0.5) is 15.3 Å². The lowest BCUT2D eigenvalue weighted by molar-refractivity contribution is -0.137. The van der Waals surface area contributed by atoms with Crippen LogP contribution in [0.5, 0.6) is 0 Å². The Morgan fingerprint density at radius 3 is 1.82 bits per heavy atom. The lowest BCUT2D eigenvalue weighted by Gasteiger charge is -2.31. The van der Waals surface area contributed by atoms with Crippen molar-refractivity contribution in [1.29, 1.82) is 0 Å². The first kappa shape index (κ1) is 48.0. The summed E-state index contributed by atoms with van der Waals surface area (Å²) in [5.74, 6) is 0.957. The zero-order chi connectivity index (χ0) is 47.7. The van der Waals surface area contributed by atoms with Crippen LogP contribution >= 0.6 is 0 Å². The van der Waals surface area contributed by atoms with Gasteiger partial charge in [0.05, 0.1) is 62.5 Å². The van der Waals surface area contributed by atoms with E-state index in [1.165, 1.54) is 26.9 Å². The van der Waals surface area contributed by atoms with Crippen molar-refractivity contribution in [2.24, 2.45) is 5.92 Å². The zero-order valence-corrected chi connectivity index (χ0v) is 41.3. The van der Waals surface area contributed by atoms with Crippen LogP contribution in [-0.2, 0) is 42.3 Å². The summed E-state index contributed by atoms with van der Waals surface area (Å²) in [5.41, 5.74) is 7.90. The Balaban J connectivity index is 1.15. The SMILES string of the molecule is COC(=O)NC(C(=O)N1CCC[C@H]1c1nc2ccc(CN(Cc3ccc4nc([C@@H]5C[Si](C)(C)CN5C(=O)[C@@H](NC(=O)OC)C(C)OC)[nH]c4c3)c3ccc(C(C)(C)C)cc3)cc2[nH]1)C(C)C. The third-order valence-corrected chi connectivity index (χ3v) is 15.8. The van der Waals surface area contributed by atoms with Gasteiger partial charge in [0.2, 0.25) is 11.8 Å². The average molecular weight is 922 g/mol. The number of H-pyrrole nitrogens is 2. The minimum atomic E-state index is -1.85. The second-order valence-corrected chi connectivity index (χ2v) is 25.1. The molecule has 4 heterocycles. The van der Waals surface area contributed by atoms with E-state index >= 15 is 0 Å².